The summed E-state index contributed by atoms with van der Waals surface area (Å²) in [5.41, 5.74) is -1.28. The summed E-state index contributed by atoms with van der Waals surface area (Å²) in [5.74, 6) is -0.880. The summed E-state index contributed by atoms with van der Waals surface area (Å²) in [4.78, 5) is 3.27. The molecule has 0 bridgehead atoms. The fraction of sp³-hybridized carbons (Fsp3) is 0.222. The third kappa shape index (κ3) is 1.84. The number of fused-ring (bicyclic) bond motifs is 1. The molecule has 2 nitrogen and oxygen atoms in total. The van der Waals surface area contributed by atoms with Crippen molar-refractivity contribution in [3.05, 3.63) is 29.7 Å². The van der Waals surface area contributed by atoms with Crippen molar-refractivity contribution in [1.82, 2.24) is 4.98 Å². The van der Waals surface area contributed by atoms with Crippen LogP contribution in [0.4, 0.5) is 22.0 Å². The van der Waals surface area contributed by atoms with Gasteiger partial charge in [-0.1, -0.05) is 0 Å². The Labute approximate surface area is 85.7 Å². The number of rotatable bonds is 1. The normalized spacial score (nSPS) is 12.6. The smallest absolute Gasteiger partial charge is 0.416 e. The highest BCUT2D eigenvalue weighted by Gasteiger charge is 2.31. The molecule has 7 heteroatoms. The highest BCUT2D eigenvalue weighted by Crippen LogP contribution is 2.32. The van der Waals surface area contributed by atoms with Gasteiger partial charge in [0.2, 0.25) is 0 Å². The van der Waals surface area contributed by atoms with Crippen molar-refractivity contribution in [2.45, 2.75) is 12.6 Å². The number of alkyl halides is 5. The van der Waals surface area contributed by atoms with Gasteiger partial charge < -0.3 is 4.42 Å². The Hall–Kier alpha value is -1.66. The Morgan fingerprint density at radius 2 is 1.88 bits per heavy atom. The topological polar surface area (TPSA) is 26.0 Å². The van der Waals surface area contributed by atoms with E-state index in [0.29, 0.717) is 6.07 Å². The molecule has 0 amide bonds. The maximum absolute atomic E-state index is 12.3. The van der Waals surface area contributed by atoms with Crippen LogP contribution in [0.5, 0.6) is 0 Å². The second kappa shape index (κ2) is 3.43. The van der Waals surface area contributed by atoms with E-state index >= 15 is 0 Å². The molecule has 2 rings (SSSR count). The van der Waals surface area contributed by atoms with E-state index in [1.807, 2.05) is 0 Å². The number of benzene rings is 1. The summed E-state index contributed by atoms with van der Waals surface area (Å²) in [6.07, 6.45) is -7.47. The molecule has 0 aliphatic carbocycles. The molecule has 0 aliphatic heterocycles. The third-order valence-electron chi connectivity index (χ3n) is 1.92. The van der Waals surface area contributed by atoms with Gasteiger partial charge in [0.25, 0.3) is 5.89 Å². The fourth-order valence-corrected chi connectivity index (χ4v) is 1.21. The molecule has 0 atom stereocenters. The van der Waals surface area contributed by atoms with Gasteiger partial charge in [0.05, 0.1) is 5.56 Å². The lowest BCUT2D eigenvalue weighted by Gasteiger charge is -2.04. The van der Waals surface area contributed by atoms with E-state index in [0.717, 1.165) is 12.1 Å². The van der Waals surface area contributed by atoms with Crippen LogP contribution in [0.2, 0.25) is 0 Å². The van der Waals surface area contributed by atoms with Gasteiger partial charge in [-0.3, -0.25) is 0 Å². The molecular formula is C9H4F5NO. The molecule has 0 saturated heterocycles. The van der Waals surface area contributed by atoms with E-state index in [2.05, 4.69) is 9.40 Å². The predicted octanol–water partition coefficient (Wildman–Crippen LogP) is 3.78. The van der Waals surface area contributed by atoms with Crippen molar-refractivity contribution in [3.63, 3.8) is 0 Å². The number of aromatic nitrogens is 1. The largest absolute Gasteiger partial charge is 0.435 e. The number of nitrogens with zero attached hydrogens (tertiary/aromatic N) is 1. The van der Waals surface area contributed by atoms with E-state index < -0.39 is 24.1 Å². The fourth-order valence-electron chi connectivity index (χ4n) is 1.21. The van der Waals surface area contributed by atoms with Crippen molar-refractivity contribution >= 4 is 11.1 Å². The number of oxazole rings is 1. The van der Waals surface area contributed by atoms with Gasteiger partial charge in [0.15, 0.2) is 5.58 Å². The van der Waals surface area contributed by atoms with Crippen molar-refractivity contribution in [2.24, 2.45) is 0 Å². The first kappa shape index (κ1) is 10.8. The number of hydrogen-bond donors (Lipinski definition) is 0. The van der Waals surface area contributed by atoms with Crippen LogP contribution in [0.25, 0.3) is 11.1 Å². The number of halogens is 5. The molecule has 0 spiro atoms. The summed E-state index contributed by atoms with van der Waals surface area (Å²) in [7, 11) is 0. The zero-order chi connectivity index (χ0) is 11.9. The maximum atomic E-state index is 12.3. The minimum Gasteiger partial charge on any atom is -0.435 e. The van der Waals surface area contributed by atoms with Crippen LogP contribution in [0, 0.1) is 0 Å². The molecule has 0 fully saturated rings. The number of hydrogen-bond acceptors (Lipinski definition) is 2. The minimum absolute atomic E-state index is 0.0942. The van der Waals surface area contributed by atoms with E-state index in [1.165, 1.54) is 0 Å². The molecule has 1 aromatic heterocycles. The van der Waals surface area contributed by atoms with Gasteiger partial charge in [-0.2, -0.15) is 22.0 Å². The average molecular weight is 237 g/mol. The van der Waals surface area contributed by atoms with Crippen molar-refractivity contribution < 1.29 is 26.4 Å². The van der Waals surface area contributed by atoms with Crippen LogP contribution in [0.1, 0.15) is 17.9 Å². The summed E-state index contributed by atoms with van der Waals surface area (Å²) in [6, 6.07) is 2.39. The van der Waals surface area contributed by atoms with Gasteiger partial charge in [0, 0.05) is 0 Å². The molecule has 86 valence electrons. The highest BCUT2D eigenvalue weighted by atomic mass is 19.4. The molecule has 1 aromatic carbocycles. The molecule has 16 heavy (non-hydrogen) atoms. The van der Waals surface area contributed by atoms with E-state index in [1.54, 1.807) is 0 Å². The first-order valence-electron chi connectivity index (χ1n) is 4.14. The summed E-state index contributed by atoms with van der Waals surface area (Å²) in [5, 5.41) is 0. The lowest BCUT2D eigenvalue weighted by atomic mass is 10.2. The summed E-state index contributed by atoms with van der Waals surface area (Å²) >= 11 is 0. The van der Waals surface area contributed by atoms with Gasteiger partial charge in [-0.05, 0) is 18.2 Å². The molecule has 0 aliphatic rings. The highest BCUT2D eigenvalue weighted by molar-refractivity contribution is 5.73. The third-order valence-corrected chi connectivity index (χ3v) is 1.92. The van der Waals surface area contributed by atoms with Crippen LogP contribution in [-0.4, -0.2) is 4.98 Å². The van der Waals surface area contributed by atoms with Crippen molar-refractivity contribution in [1.29, 1.82) is 0 Å². The molecule has 0 saturated carbocycles. The molecule has 0 unspecified atom stereocenters. The van der Waals surface area contributed by atoms with Crippen molar-refractivity contribution in [2.75, 3.05) is 0 Å². The van der Waals surface area contributed by atoms with E-state index in [-0.39, 0.29) is 11.1 Å². The quantitative estimate of drug-likeness (QED) is 0.705. The monoisotopic (exact) mass is 237 g/mol. The zero-order valence-electron chi connectivity index (χ0n) is 7.55. The molecule has 1 heterocycles. The summed E-state index contributed by atoms with van der Waals surface area (Å²) < 4.78 is 65.7. The first-order valence-corrected chi connectivity index (χ1v) is 4.14. The van der Waals surface area contributed by atoms with Gasteiger partial charge >= 0.3 is 12.6 Å². The standard InChI is InChI=1S/C9H4F5NO/c10-7(11)8-15-5-3-4(9(12,13)14)1-2-6(5)16-8/h1-3,7H. The molecule has 2 aromatic rings. The molecule has 0 N–H and O–H groups in total. The van der Waals surface area contributed by atoms with Crippen LogP contribution in [0.3, 0.4) is 0 Å². The lowest BCUT2D eigenvalue weighted by molar-refractivity contribution is -0.137. The minimum atomic E-state index is -4.53. The second-order valence-corrected chi connectivity index (χ2v) is 3.03. The van der Waals surface area contributed by atoms with Gasteiger partial charge in [-0.25, -0.2) is 4.98 Å². The first-order chi connectivity index (χ1) is 7.38. The van der Waals surface area contributed by atoms with Crippen LogP contribution < -0.4 is 0 Å². The van der Waals surface area contributed by atoms with Crippen molar-refractivity contribution in [3.8, 4) is 0 Å². The molecule has 0 radical (unpaired) electrons. The maximum Gasteiger partial charge on any atom is 0.416 e. The Balaban J connectivity index is 2.54. The Kier molecular flexibility index (Phi) is 2.32. The SMILES string of the molecule is FC(F)c1nc2cc(C(F)(F)F)ccc2o1. The Morgan fingerprint density at radius 3 is 2.44 bits per heavy atom. The second-order valence-electron chi connectivity index (χ2n) is 3.03. The van der Waals surface area contributed by atoms with Crippen LogP contribution >= 0.6 is 0 Å². The Morgan fingerprint density at radius 1 is 1.19 bits per heavy atom. The van der Waals surface area contributed by atoms with Gasteiger partial charge in [-0.15, -0.1) is 0 Å². The Bertz CT molecular complexity index is 516. The predicted molar refractivity (Wildman–Crippen MR) is 44.0 cm³/mol. The lowest BCUT2D eigenvalue weighted by Crippen LogP contribution is -2.03. The zero-order valence-corrected chi connectivity index (χ0v) is 7.55. The van der Waals surface area contributed by atoms with Crippen LogP contribution in [0.15, 0.2) is 22.6 Å². The molecular weight excluding hydrogens is 233 g/mol. The summed E-state index contributed by atoms with van der Waals surface area (Å²) in [6.45, 7) is 0. The van der Waals surface area contributed by atoms with Gasteiger partial charge in [0.1, 0.15) is 5.52 Å². The van der Waals surface area contributed by atoms with E-state index in [4.69, 9.17) is 0 Å². The average Bonchev–Trinajstić information content (AvgIpc) is 2.58. The van der Waals surface area contributed by atoms with Crippen LogP contribution in [-0.2, 0) is 6.18 Å². The van der Waals surface area contributed by atoms with E-state index in [9.17, 15) is 22.0 Å².